The Morgan fingerprint density at radius 1 is 1.44 bits per heavy atom. The molecule has 1 aromatic carbocycles. The van der Waals surface area contributed by atoms with Crippen molar-refractivity contribution in [2.45, 2.75) is 13.0 Å². The highest BCUT2D eigenvalue weighted by atomic mass is 79.9. The van der Waals surface area contributed by atoms with E-state index < -0.39 is 0 Å². The van der Waals surface area contributed by atoms with Crippen molar-refractivity contribution in [2.75, 3.05) is 27.3 Å². The molecule has 0 aliphatic rings. The van der Waals surface area contributed by atoms with E-state index >= 15 is 0 Å². The van der Waals surface area contributed by atoms with Crippen molar-refractivity contribution in [3.63, 3.8) is 0 Å². The van der Waals surface area contributed by atoms with Gasteiger partial charge >= 0.3 is 0 Å². The molecule has 0 unspecified atom stereocenters. The van der Waals surface area contributed by atoms with Crippen LogP contribution < -0.4 is 0 Å². The number of nitrogens with zero attached hydrogens (tertiary/aromatic N) is 1. The lowest BCUT2D eigenvalue weighted by Crippen LogP contribution is -2.20. The highest BCUT2D eigenvalue weighted by Gasteiger charge is 2.05. The predicted octanol–water partition coefficient (Wildman–Crippen LogP) is 3.06. The third-order valence-corrected chi connectivity index (χ3v) is 3.08. The van der Waals surface area contributed by atoms with Gasteiger partial charge in [-0.25, -0.2) is 4.39 Å². The molecule has 0 N–H and O–H groups in total. The van der Waals surface area contributed by atoms with Crippen molar-refractivity contribution in [1.82, 2.24) is 4.90 Å². The van der Waals surface area contributed by atoms with E-state index in [0.29, 0.717) is 0 Å². The molecular weight excluding hydrogens is 273 g/mol. The van der Waals surface area contributed by atoms with Crippen LogP contribution >= 0.6 is 15.9 Å². The SMILES string of the molecule is COCCCN(C)Cc1ccc(F)cc1Br. The first kappa shape index (κ1) is 13.6. The van der Waals surface area contributed by atoms with Crippen LogP contribution in [0.15, 0.2) is 22.7 Å². The Hall–Kier alpha value is -0.450. The van der Waals surface area contributed by atoms with Crippen LogP contribution in [-0.4, -0.2) is 32.2 Å². The van der Waals surface area contributed by atoms with Crippen LogP contribution in [0.2, 0.25) is 0 Å². The zero-order valence-electron chi connectivity index (χ0n) is 9.67. The number of halogens is 2. The van der Waals surface area contributed by atoms with Crippen LogP contribution in [0.4, 0.5) is 4.39 Å². The molecule has 90 valence electrons. The molecule has 0 saturated heterocycles. The van der Waals surface area contributed by atoms with Crippen molar-refractivity contribution in [3.05, 3.63) is 34.1 Å². The van der Waals surface area contributed by atoms with Gasteiger partial charge in [-0.1, -0.05) is 22.0 Å². The van der Waals surface area contributed by atoms with Crippen molar-refractivity contribution in [3.8, 4) is 0 Å². The molecule has 2 nitrogen and oxygen atoms in total. The van der Waals surface area contributed by atoms with E-state index in [-0.39, 0.29) is 5.82 Å². The number of hydrogen-bond acceptors (Lipinski definition) is 2. The van der Waals surface area contributed by atoms with Crippen LogP contribution in [0.5, 0.6) is 0 Å². The second-order valence-electron chi connectivity index (χ2n) is 3.82. The number of methoxy groups -OCH3 is 1. The fraction of sp³-hybridized carbons (Fsp3) is 0.500. The van der Waals surface area contributed by atoms with Crippen LogP contribution in [0, 0.1) is 5.82 Å². The van der Waals surface area contributed by atoms with E-state index in [0.717, 1.165) is 36.2 Å². The summed E-state index contributed by atoms with van der Waals surface area (Å²) in [7, 11) is 3.75. The number of hydrogen-bond donors (Lipinski definition) is 0. The van der Waals surface area contributed by atoms with E-state index in [1.807, 2.05) is 13.1 Å². The maximum absolute atomic E-state index is 12.9. The van der Waals surface area contributed by atoms with Gasteiger partial charge in [-0.15, -0.1) is 0 Å². The number of rotatable bonds is 6. The van der Waals surface area contributed by atoms with E-state index in [1.54, 1.807) is 7.11 Å². The summed E-state index contributed by atoms with van der Waals surface area (Å²) in [6, 6.07) is 4.80. The minimum atomic E-state index is -0.210. The highest BCUT2D eigenvalue weighted by molar-refractivity contribution is 9.10. The maximum Gasteiger partial charge on any atom is 0.124 e. The Morgan fingerprint density at radius 2 is 2.19 bits per heavy atom. The van der Waals surface area contributed by atoms with Crippen molar-refractivity contribution in [1.29, 1.82) is 0 Å². The lowest BCUT2D eigenvalue weighted by atomic mass is 10.2. The average molecular weight is 290 g/mol. The first-order valence-corrected chi connectivity index (χ1v) is 6.04. The first-order valence-electron chi connectivity index (χ1n) is 5.25. The Morgan fingerprint density at radius 3 is 2.81 bits per heavy atom. The largest absolute Gasteiger partial charge is 0.385 e. The molecule has 0 fully saturated rings. The summed E-state index contributed by atoms with van der Waals surface area (Å²) in [6.45, 7) is 2.55. The molecule has 0 aliphatic heterocycles. The number of ether oxygens (including phenoxy) is 1. The Labute approximate surface area is 105 Å². The third kappa shape index (κ3) is 4.60. The van der Waals surface area contributed by atoms with Gasteiger partial charge in [-0.2, -0.15) is 0 Å². The number of benzene rings is 1. The summed E-state index contributed by atoms with van der Waals surface area (Å²) in [6.07, 6.45) is 1.01. The molecule has 0 saturated carbocycles. The summed E-state index contributed by atoms with van der Waals surface area (Å²) in [5.74, 6) is -0.210. The lowest BCUT2D eigenvalue weighted by Gasteiger charge is -2.17. The fourth-order valence-electron chi connectivity index (χ4n) is 1.50. The van der Waals surface area contributed by atoms with Gasteiger partial charge in [0, 0.05) is 31.3 Å². The second kappa shape index (κ2) is 6.99. The van der Waals surface area contributed by atoms with Crippen molar-refractivity contribution < 1.29 is 9.13 Å². The first-order chi connectivity index (χ1) is 7.63. The van der Waals surface area contributed by atoms with Crippen LogP contribution in [0.1, 0.15) is 12.0 Å². The minimum Gasteiger partial charge on any atom is -0.385 e. The van der Waals surface area contributed by atoms with E-state index in [1.165, 1.54) is 12.1 Å². The maximum atomic E-state index is 12.9. The quantitative estimate of drug-likeness (QED) is 0.747. The summed E-state index contributed by atoms with van der Waals surface area (Å²) in [5, 5.41) is 0. The van der Waals surface area contributed by atoms with Crippen LogP contribution in [0.3, 0.4) is 0 Å². The molecule has 0 aromatic heterocycles. The Balaban J connectivity index is 2.46. The summed E-state index contributed by atoms with van der Waals surface area (Å²) in [4.78, 5) is 2.19. The fourth-order valence-corrected chi connectivity index (χ4v) is 1.97. The molecule has 0 aliphatic carbocycles. The molecule has 4 heteroatoms. The molecule has 0 amide bonds. The molecular formula is C12H17BrFNO. The zero-order chi connectivity index (χ0) is 12.0. The van der Waals surface area contributed by atoms with Crippen molar-refractivity contribution in [2.24, 2.45) is 0 Å². The molecule has 0 bridgehead atoms. The Bertz CT molecular complexity index is 333. The van der Waals surface area contributed by atoms with Gasteiger partial charge in [0.05, 0.1) is 0 Å². The highest BCUT2D eigenvalue weighted by Crippen LogP contribution is 2.19. The third-order valence-electron chi connectivity index (χ3n) is 2.34. The lowest BCUT2D eigenvalue weighted by molar-refractivity contribution is 0.178. The topological polar surface area (TPSA) is 12.5 Å². The van der Waals surface area contributed by atoms with Gasteiger partial charge in [-0.3, -0.25) is 0 Å². The van der Waals surface area contributed by atoms with Gasteiger partial charge in [0.1, 0.15) is 5.82 Å². The van der Waals surface area contributed by atoms with Crippen LogP contribution in [0.25, 0.3) is 0 Å². The van der Waals surface area contributed by atoms with Gasteiger partial charge in [0.25, 0.3) is 0 Å². The predicted molar refractivity (Wildman–Crippen MR) is 66.9 cm³/mol. The molecule has 0 heterocycles. The molecule has 0 atom stereocenters. The molecule has 16 heavy (non-hydrogen) atoms. The minimum absolute atomic E-state index is 0.210. The van der Waals surface area contributed by atoms with Gasteiger partial charge in [0.2, 0.25) is 0 Å². The van der Waals surface area contributed by atoms with Crippen molar-refractivity contribution >= 4 is 15.9 Å². The zero-order valence-corrected chi connectivity index (χ0v) is 11.3. The summed E-state index contributed by atoms with van der Waals surface area (Å²) >= 11 is 3.37. The standard InChI is InChI=1S/C12H17BrFNO/c1-15(6-3-7-16-2)9-10-4-5-11(14)8-12(10)13/h4-5,8H,3,6-7,9H2,1-2H3. The van der Waals surface area contributed by atoms with E-state index in [4.69, 9.17) is 4.74 Å². The van der Waals surface area contributed by atoms with Gasteiger partial charge in [0.15, 0.2) is 0 Å². The Kier molecular flexibility index (Phi) is 5.95. The van der Waals surface area contributed by atoms with Gasteiger partial charge < -0.3 is 9.64 Å². The molecule has 0 spiro atoms. The van der Waals surface area contributed by atoms with Gasteiger partial charge in [-0.05, 0) is 31.2 Å². The van der Waals surface area contributed by atoms with E-state index in [9.17, 15) is 4.39 Å². The smallest absolute Gasteiger partial charge is 0.124 e. The summed E-state index contributed by atoms with van der Waals surface area (Å²) < 4.78 is 18.7. The second-order valence-corrected chi connectivity index (χ2v) is 4.67. The molecule has 1 rings (SSSR count). The molecule has 0 radical (unpaired) electrons. The monoisotopic (exact) mass is 289 g/mol. The summed E-state index contributed by atoms with van der Waals surface area (Å²) in [5.41, 5.74) is 1.10. The molecule has 1 aromatic rings. The normalized spacial score (nSPS) is 11.1. The average Bonchev–Trinajstić information content (AvgIpc) is 2.23. The van der Waals surface area contributed by atoms with Crippen LogP contribution in [-0.2, 0) is 11.3 Å². The van der Waals surface area contributed by atoms with E-state index in [2.05, 4.69) is 20.8 Å².